The molecular weight excluding hydrogens is 425 g/mol. The van der Waals surface area contributed by atoms with Crippen LogP contribution in [-0.4, -0.2) is 48.3 Å². The third-order valence-electron chi connectivity index (χ3n) is 5.46. The Morgan fingerprint density at radius 3 is 2.76 bits per heavy atom. The number of hydrazine groups is 1. The first-order valence-corrected chi connectivity index (χ1v) is 11.0. The van der Waals surface area contributed by atoms with Crippen LogP contribution < -0.4 is 15.6 Å². The molecule has 33 heavy (non-hydrogen) atoms. The second kappa shape index (κ2) is 11.6. The zero-order valence-corrected chi connectivity index (χ0v) is 18.7. The lowest BCUT2D eigenvalue weighted by Gasteiger charge is -2.26. The highest BCUT2D eigenvalue weighted by Gasteiger charge is 2.49. The maximum absolute atomic E-state index is 13.8. The number of halogens is 1. The van der Waals surface area contributed by atoms with E-state index in [1.165, 1.54) is 6.07 Å². The fourth-order valence-electron chi connectivity index (χ4n) is 3.55. The number of aliphatic imine (C=N–C) groups is 1. The smallest absolute Gasteiger partial charge is 0.266 e. The summed E-state index contributed by atoms with van der Waals surface area (Å²) in [7, 11) is 0. The van der Waals surface area contributed by atoms with Gasteiger partial charge in [0, 0.05) is 31.6 Å². The van der Waals surface area contributed by atoms with Crippen molar-refractivity contribution in [2.75, 3.05) is 19.8 Å². The molecule has 0 fully saturated rings. The first-order chi connectivity index (χ1) is 16.0. The Morgan fingerprint density at radius 2 is 2.06 bits per heavy atom. The highest BCUT2D eigenvalue weighted by molar-refractivity contribution is 6.00. The Kier molecular flexibility index (Phi) is 8.57. The highest BCUT2D eigenvalue weighted by atomic mass is 19.1. The second-order valence-corrected chi connectivity index (χ2v) is 7.77. The lowest BCUT2D eigenvalue weighted by molar-refractivity contribution is -0.129. The normalized spacial score (nSPS) is 19.5. The molecule has 7 nitrogen and oxygen atoms in total. The summed E-state index contributed by atoms with van der Waals surface area (Å²) in [5, 5.41) is 8.85. The molecule has 1 heterocycles. The second-order valence-electron chi connectivity index (χ2n) is 7.77. The lowest BCUT2D eigenvalue weighted by Crippen LogP contribution is -2.54. The van der Waals surface area contributed by atoms with Gasteiger partial charge in [-0.15, -0.1) is 6.58 Å². The van der Waals surface area contributed by atoms with Crippen molar-refractivity contribution in [3.8, 4) is 5.75 Å². The van der Waals surface area contributed by atoms with Crippen molar-refractivity contribution in [1.82, 2.24) is 10.9 Å². The van der Waals surface area contributed by atoms with Crippen LogP contribution in [0.5, 0.6) is 5.75 Å². The number of aliphatic hydroxyl groups is 1. The van der Waals surface area contributed by atoms with Crippen molar-refractivity contribution in [2.45, 2.75) is 37.8 Å². The number of hydrogen-bond donors (Lipinski definition) is 3. The molecule has 0 saturated heterocycles. The Morgan fingerprint density at radius 1 is 1.30 bits per heavy atom. The van der Waals surface area contributed by atoms with Gasteiger partial charge >= 0.3 is 0 Å². The summed E-state index contributed by atoms with van der Waals surface area (Å²) in [4.78, 5) is 17.8. The largest absolute Gasteiger partial charge is 0.494 e. The number of aliphatic hydroxyl groups excluding tert-OH is 1. The van der Waals surface area contributed by atoms with Gasteiger partial charge < -0.3 is 14.6 Å². The van der Waals surface area contributed by atoms with E-state index in [1.807, 2.05) is 12.1 Å². The molecule has 1 aliphatic rings. The first-order valence-electron chi connectivity index (χ1n) is 11.0. The quantitative estimate of drug-likeness (QED) is 0.260. The van der Waals surface area contributed by atoms with Gasteiger partial charge in [-0.3, -0.25) is 10.2 Å². The molecule has 0 bridgehead atoms. The van der Waals surface area contributed by atoms with E-state index in [4.69, 9.17) is 14.6 Å². The molecule has 8 heteroatoms. The number of nitrogens with zero attached hydrogens (tertiary/aromatic N) is 1. The molecule has 2 aromatic rings. The number of ether oxygens (including phenoxy) is 2. The van der Waals surface area contributed by atoms with Gasteiger partial charge in [-0.05, 0) is 49.2 Å². The van der Waals surface area contributed by atoms with E-state index < -0.39 is 11.6 Å². The summed E-state index contributed by atoms with van der Waals surface area (Å²) in [5.74, 6) is 0.425. The molecule has 0 radical (unpaired) electrons. The van der Waals surface area contributed by atoms with E-state index >= 15 is 0 Å². The summed E-state index contributed by atoms with van der Waals surface area (Å²) in [6.45, 7) is 6.44. The minimum absolute atomic E-state index is 0.0755. The van der Waals surface area contributed by atoms with E-state index in [0.717, 1.165) is 5.56 Å². The summed E-state index contributed by atoms with van der Waals surface area (Å²) in [6, 6.07) is 13.8. The SMILES string of the molecule is C=CC[C@]1(C(=O)NNCCc2ccccc2F)N=C(c2ccc(OCCCO)cc2)O[C@H]1C. The van der Waals surface area contributed by atoms with Gasteiger partial charge in [0.1, 0.15) is 17.7 Å². The zero-order valence-electron chi connectivity index (χ0n) is 18.7. The van der Waals surface area contributed by atoms with Gasteiger partial charge in [-0.1, -0.05) is 24.3 Å². The van der Waals surface area contributed by atoms with E-state index in [9.17, 15) is 9.18 Å². The minimum atomic E-state index is -1.17. The van der Waals surface area contributed by atoms with Crippen molar-refractivity contribution in [2.24, 2.45) is 4.99 Å². The van der Waals surface area contributed by atoms with Gasteiger partial charge in [-0.2, -0.15) is 0 Å². The predicted molar refractivity (Wildman–Crippen MR) is 125 cm³/mol. The molecule has 0 spiro atoms. The number of carbonyl (C=O) groups is 1. The predicted octanol–water partition coefficient (Wildman–Crippen LogP) is 2.93. The number of amides is 1. The highest BCUT2D eigenvalue weighted by Crippen LogP contribution is 2.32. The van der Waals surface area contributed by atoms with E-state index in [2.05, 4.69) is 22.4 Å². The van der Waals surface area contributed by atoms with E-state index in [0.29, 0.717) is 49.6 Å². The van der Waals surface area contributed by atoms with Crippen LogP contribution in [0.15, 0.2) is 66.2 Å². The third kappa shape index (κ3) is 5.97. The van der Waals surface area contributed by atoms with Crippen LogP contribution in [-0.2, 0) is 16.0 Å². The molecule has 1 aliphatic heterocycles. The zero-order chi connectivity index (χ0) is 23.7. The van der Waals surface area contributed by atoms with Crippen molar-refractivity contribution < 1.29 is 23.8 Å². The molecule has 2 atom stereocenters. The van der Waals surface area contributed by atoms with Crippen LogP contribution in [0, 0.1) is 5.82 Å². The third-order valence-corrected chi connectivity index (χ3v) is 5.46. The summed E-state index contributed by atoms with van der Waals surface area (Å²) < 4.78 is 25.3. The standard InChI is InChI=1S/C25H30FN3O4/c1-3-14-25(24(31)29-27-15-13-19-7-4-5-8-22(19)26)18(2)33-23(28-25)20-9-11-21(12-10-20)32-17-6-16-30/h3-5,7-12,18,27,30H,1,6,13-17H2,2H3,(H,29,31)/t18-,25-/m0/s1. The fourth-order valence-corrected chi connectivity index (χ4v) is 3.55. The molecule has 0 aliphatic carbocycles. The maximum Gasteiger partial charge on any atom is 0.266 e. The van der Waals surface area contributed by atoms with E-state index in [1.54, 1.807) is 43.3 Å². The Hall–Kier alpha value is -3.23. The first kappa shape index (κ1) is 24.4. The number of rotatable bonds is 12. The number of hydrogen-bond acceptors (Lipinski definition) is 6. The van der Waals surface area contributed by atoms with Crippen molar-refractivity contribution in [3.05, 3.63) is 78.1 Å². The Balaban J connectivity index is 1.65. The number of benzene rings is 2. The molecule has 3 rings (SSSR count). The molecule has 0 aromatic heterocycles. The van der Waals surface area contributed by atoms with Crippen LogP contribution in [0.3, 0.4) is 0 Å². The van der Waals surface area contributed by atoms with Gasteiger partial charge in [0.25, 0.3) is 5.91 Å². The average molecular weight is 456 g/mol. The topological polar surface area (TPSA) is 92.2 Å². The van der Waals surface area contributed by atoms with Gasteiger partial charge in [0.15, 0.2) is 5.54 Å². The average Bonchev–Trinajstić information content (AvgIpc) is 3.15. The summed E-state index contributed by atoms with van der Waals surface area (Å²) in [5.41, 5.74) is 5.69. The molecular formula is C25H30FN3O4. The van der Waals surface area contributed by atoms with Crippen molar-refractivity contribution >= 4 is 11.8 Å². The molecule has 3 N–H and O–H groups in total. The number of nitrogens with one attached hydrogen (secondary N) is 2. The Labute approximate surface area is 193 Å². The molecule has 1 amide bonds. The molecule has 0 saturated carbocycles. The van der Waals surface area contributed by atoms with Crippen LogP contribution >= 0.6 is 0 Å². The van der Waals surface area contributed by atoms with Gasteiger partial charge in [0.2, 0.25) is 5.90 Å². The van der Waals surface area contributed by atoms with Gasteiger partial charge in [-0.25, -0.2) is 14.8 Å². The molecule has 0 unspecified atom stereocenters. The molecule has 2 aromatic carbocycles. The molecule has 176 valence electrons. The van der Waals surface area contributed by atoms with Gasteiger partial charge in [0.05, 0.1) is 6.61 Å². The van der Waals surface area contributed by atoms with Crippen LogP contribution in [0.2, 0.25) is 0 Å². The van der Waals surface area contributed by atoms with Crippen LogP contribution in [0.25, 0.3) is 0 Å². The summed E-state index contributed by atoms with van der Waals surface area (Å²) >= 11 is 0. The Bertz CT molecular complexity index is 980. The minimum Gasteiger partial charge on any atom is -0.494 e. The maximum atomic E-state index is 13.8. The van der Waals surface area contributed by atoms with E-state index in [-0.39, 0.29) is 18.3 Å². The monoisotopic (exact) mass is 455 g/mol. The summed E-state index contributed by atoms with van der Waals surface area (Å²) in [6.07, 6.45) is 2.40. The van der Waals surface area contributed by atoms with Crippen molar-refractivity contribution in [3.63, 3.8) is 0 Å². The fraction of sp³-hybridized carbons (Fsp3) is 0.360. The van der Waals surface area contributed by atoms with Crippen LogP contribution in [0.4, 0.5) is 4.39 Å². The van der Waals surface area contributed by atoms with Crippen LogP contribution in [0.1, 0.15) is 30.9 Å². The van der Waals surface area contributed by atoms with Crippen molar-refractivity contribution in [1.29, 1.82) is 0 Å². The number of carbonyl (C=O) groups excluding carboxylic acids is 1. The lowest BCUT2D eigenvalue weighted by atomic mass is 9.90.